The Kier molecular flexibility index (Phi) is 4.46. The summed E-state index contributed by atoms with van der Waals surface area (Å²) in [4.78, 5) is 16.4. The number of aryl methyl sites for hydroxylation is 1. The highest BCUT2D eigenvalue weighted by atomic mass is 35.5. The number of thiophene rings is 1. The number of rotatable bonds is 4. The van der Waals surface area contributed by atoms with E-state index < -0.39 is 0 Å². The summed E-state index contributed by atoms with van der Waals surface area (Å²) in [6, 6.07) is 4.34. The molecule has 0 saturated heterocycles. The van der Waals surface area contributed by atoms with Gasteiger partial charge >= 0.3 is 0 Å². The normalized spacial score (nSPS) is 16.4. The largest absolute Gasteiger partial charge is 0.334 e. The maximum Gasteiger partial charge on any atom is 0.264 e. The van der Waals surface area contributed by atoms with Crippen molar-refractivity contribution in [1.29, 1.82) is 0 Å². The molecule has 0 radical (unpaired) electrons. The molecule has 1 aliphatic rings. The summed E-state index contributed by atoms with van der Waals surface area (Å²) in [7, 11) is 0. The molecule has 0 atom stereocenters. The quantitative estimate of drug-likeness (QED) is 0.765. The lowest BCUT2D eigenvalue weighted by atomic mass is 10.2. The number of halogens is 1. The first-order valence-electron chi connectivity index (χ1n) is 6.15. The standard InChI is InChI=1S/C13H18ClNOS/c1-10-6-7-12(17-10)13(16)15(9-8-14)11-4-2-3-5-11/h6-7,11H,2-5,8-9H2,1H3. The van der Waals surface area contributed by atoms with Crippen LogP contribution in [0.1, 0.15) is 40.2 Å². The van der Waals surface area contributed by atoms with Crippen molar-refractivity contribution in [2.75, 3.05) is 12.4 Å². The van der Waals surface area contributed by atoms with Crippen LogP contribution in [0.25, 0.3) is 0 Å². The number of nitrogens with zero attached hydrogens (tertiary/aromatic N) is 1. The molecule has 2 rings (SSSR count). The minimum atomic E-state index is 0.163. The highest BCUT2D eigenvalue weighted by molar-refractivity contribution is 7.13. The van der Waals surface area contributed by atoms with Gasteiger partial charge < -0.3 is 4.90 Å². The third-order valence-electron chi connectivity index (χ3n) is 3.30. The lowest BCUT2D eigenvalue weighted by Crippen LogP contribution is -2.39. The van der Waals surface area contributed by atoms with E-state index in [9.17, 15) is 4.79 Å². The van der Waals surface area contributed by atoms with Gasteiger partial charge in [-0.2, -0.15) is 0 Å². The number of carbonyl (C=O) groups excluding carboxylic acids is 1. The van der Waals surface area contributed by atoms with Crippen molar-refractivity contribution in [1.82, 2.24) is 4.90 Å². The Morgan fingerprint density at radius 2 is 2.18 bits per heavy atom. The van der Waals surface area contributed by atoms with Gasteiger partial charge in [0.25, 0.3) is 5.91 Å². The summed E-state index contributed by atoms with van der Waals surface area (Å²) in [5.74, 6) is 0.683. The molecule has 4 heteroatoms. The van der Waals surface area contributed by atoms with Crippen LogP contribution >= 0.6 is 22.9 Å². The molecule has 1 fully saturated rings. The van der Waals surface area contributed by atoms with Crippen LogP contribution in [0.4, 0.5) is 0 Å². The topological polar surface area (TPSA) is 20.3 Å². The molecule has 1 amide bonds. The maximum atomic E-state index is 12.4. The second kappa shape index (κ2) is 5.87. The van der Waals surface area contributed by atoms with Crippen LogP contribution in [-0.4, -0.2) is 29.3 Å². The molecule has 0 aliphatic heterocycles. The smallest absolute Gasteiger partial charge is 0.264 e. The number of hydrogen-bond acceptors (Lipinski definition) is 2. The molecular formula is C13H18ClNOS. The second-order valence-electron chi connectivity index (χ2n) is 4.54. The SMILES string of the molecule is Cc1ccc(C(=O)N(CCCl)C2CCCC2)s1. The maximum absolute atomic E-state index is 12.4. The van der Waals surface area contributed by atoms with E-state index in [1.54, 1.807) is 11.3 Å². The highest BCUT2D eigenvalue weighted by Gasteiger charge is 2.27. The zero-order chi connectivity index (χ0) is 12.3. The highest BCUT2D eigenvalue weighted by Crippen LogP contribution is 2.26. The van der Waals surface area contributed by atoms with Crippen LogP contribution in [-0.2, 0) is 0 Å². The first kappa shape index (κ1) is 12.9. The fourth-order valence-electron chi connectivity index (χ4n) is 2.45. The monoisotopic (exact) mass is 271 g/mol. The van der Waals surface area contributed by atoms with Crippen molar-refractivity contribution in [3.63, 3.8) is 0 Å². The molecule has 2 nitrogen and oxygen atoms in total. The summed E-state index contributed by atoms with van der Waals surface area (Å²) >= 11 is 7.40. The van der Waals surface area contributed by atoms with Crippen molar-refractivity contribution >= 4 is 28.8 Å². The van der Waals surface area contributed by atoms with Gasteiger partial charge in [0.1, 0.15) is 0 Å². The Balaban J connectivity index is 2.12. The van der Waals surface area contributed by atoms with Crippen molar-refractivity contribution in [2.24, 2.45) is 0 Å². The average Bonchev–Trinajstić information content (AvgIpc) is 2.95. The van der Waals surface area contributed by atoms with E-state index in [0.717, 1.165) is 17.7 Å². The second-order valence-corrected chi connectivity index (χ2v) is 6.20. The Labute approximate surface area is 112 Å². The molecule has 0 bridgehead atoms. The van der Waals surface area contributed by atoms with Gasteiger partial charge in [-0.05, 0) is 31.9 Å². The molecule has 1 saturated carbocycles. The summed E-state index contributed by atoms with van der Waals surface area (Å²) in [5, 5.41) is 0. The van der Waals surface area contributed by atoms with E-state index in [4.69, 9.17) is 11.6 Å². The molecule has 1 aliphatic carbocycles. The number of amides is 1. The van der Waals surface area contributed by atoms with Crippen molar-refractivity contribution in [3.8, 4) is 0 Å². The van der Waals surface area contributed by atoms with Crippen LogP contribution in [0, 0.1) is 6.92 Å². The van der Waals surface area contributed by atoms with Crippen LogP contribution in [0.15, 0.2) is 12.1 Å². The van der Waals surface area contributed by atoms with Crippen LogP contribution in [0.5, 0.6) is 0 Å². The number of alkyl halides is 1. The third kappa shape index (κ3) is 3.02. The zero-order valence-corrected chi connectivity index (χ0v) is 11.7. The molecular weight excluding hydrogens is 254 g/mol. The minimum absolute atomic E-state index is 0.163. The first-order valence-corrected chi connectivity index (χ1v) is 7.51. The number of carbonyl (C=O) groups is 1. The van der Waals surface area contributed by atoms with Gasteiger partial charge in [-0.15, -0.1) is 22.9 Å². The molecule has 94 valence electrons. The Hall–Kier alpha value is -0.540. The van der Waals surface area contributed by atoms with Crippen LogP contribution < -0.4 is 0 Å². The van der Waals surface area contributed by atoms with E-state index in [0.29, 0.717) is 18.5 Å². The third-order valence-corrected chi connectivity index (χ3v) is 4.46. The predicted octanol–water partition coefficient (Wildman–Crippen LogP) is 3.68. The summed E-state index contributed by atoms with van der Waals surface area (Å²) in [5.41, 5.74) is 0. The van der Waals surface area contributed by atoms with Crippen LogP contribution in [0.3, 0.4) is 0 Å². The van der Waals surface area contributed by atoms with Crippen LogP contribution in [0.2, 0.25) is 0 Å². The number of hydrogen-bond donors (Lipinski definition) is 0. The molecule has 17 heavy (non-hydrogen) atoms. The Morgan fingerprint density at radius 1 is 1.47 bits per heavy atom. The van der Waals surface area contributed by atoms with Gasteiger partial charge in [0.05, 0.1) is 4.88 Å². The van der Waals surface area contributed by atoms with Gasteiger partial charge in [-0.3, -0.25) is 4.79 Å². The molecule has 1 aromatic heterocycles. The molecule has 0 N–H and O–H groups in total. The predicted molar refractivity (Wildman–Crippen MR) is 73.1 cm³/mol. The summed E-state index contributed by atoms with van der Waals surface area (Å²) in [6.07, 6.45) is 4.74. The average molecular weight is 272 g/mol. The van der Waals surface area contributed by atoms with Gasteiger partial charge in [-0.25, -0.2) is 0 Å². The Morgan fingerprint density at radius 3 is 2.71 bits per heavy atom. The van der Waals surface area contributed by atoms with Gasteiger partial charge in [0, 0.05) is 23.3 Å². The van der Waals surface area contributed by atoms with E-state index in [1.807, 2.05) is 24.0 Å². The van der Waals surface area contributed by atoms with E-state index in [-0.39, 0.29) is 5.91 Å². The molecule has 1 heterocycles. The van der Waals surface area contributed by atoms with E-state index in [1.165, 1.54) is 17.7 Å². The van der Waals surface area contributed by atoms with E-state index in [2.05, 4.69) is 0 Å². The van der Waals surface area contributed by atoms with E-state index >= 15 is 0 Å². The first-order chi connectivity index (χ1) is 8.22. The zero-order valence-electron chi connectivity index (χ0n) is 10.1. The molecule has 0 spiro atoms. The van der Waals surface area contributed by atoms with Gasteiger partial charge in [0.15, 0.2) is 0 Å². The minimum Gasteiger partial charge on any atom is -0.334 e. The van der Waals surface area contributed by atoms with Crippen molar-refractivity contribution < 1.29 is 4.79 Å². The van der Waals surface area contributed by atoms with Gasteiger partial charge in [0.2, 0.25) is 0 Å². The Bertz CT molecular complexity index is 385. The summed E-state index contributed by atoms with van der Waals surface area (Å²) in [6.45, 7) is 2.70. The van der Waals surface area contributed by atoms with Gasteiger partial charge in [-0.1, -0.05) is 12.8 Å². The van der Waals surface area contributed by atoms with Crippen molar-refractivity contribution in [3.05, 3.63) is 21.9 Å². The molecule has 1 aromatic rings. The molecule has 0 aromatic carbocycles. The fraction of sp³-hybridized carbons (Fsp3) is 0.615. The fourth-order valence-corrected chi connectivity index (χ4v) is 3.45. The lowest BCUT2D eigenvalue weighted by Gasteiger charge is -2.27. The lowest BCUT2D eigenvalue weighted by molar-refractivity contribution is 0.0700. The molecule has 0 unspecified atom stereocenters. The van der Waals surface area contributed by atoms with Crippen molar-refractivity contribution in [2.45, 2.75) is 38.6 Å². The summed E-state index contributed by atoms with van der Waals surface area (Å²) < 4.78 is 0.